The molecule has 0 saturated heterocycles. The molecule has 2 N–H and O–H groups in total. The lowest BCUT2D eigenvalue weighted by Gasteiger charge is -2.07. The lowest BCUT2D eigenvalue weighted by Crippen LogP contribution is -2.25. The van der Waals surface area contributed by atoms with Crippen molar-refractivity contribution in [1.82, 2.24) is 5.43 Å². The fourth-order valence-corrected chi connectivity index (χ4v) is 2.41. The second-order valence-corrected chi connectivity index (χ2v) is 5.97. The number of carbonyl (C=O) groups excluding carboxylic acids is 1. The monoisotopic (exact) mass is 396 g/mol. The molecule has 0 bridgehead atoms. The molecule has 0 unspecified atom stereocenters. The minimum Gasteiger partial charge on any atom is -0.508 e. The fourth-order valence-electron chi connectivity index (χ4n) is 1.68. The SMILES string of the molecule is C/C(=N\NC(=O)COc1ccc(Br)cc1Cl)c1ccc(O)cc1. The molecule has 0 saturated carbocycles. The summed E-state index contributed by atoms with van der Waals surface area (Å²) in [6.45, 7) is 1.55. The van der Waals surface area contributed by atoms with Crippen molar-refractivity contribution in [2.75, 3.05) is 6.61 Å². The van der Waals surface area contributed by atoms with Gasteiger partial charge in [0, 0.05) is 4.47 Å². The first-order valence-corrected chi connectivity index (χ1v) is 7.83. The molecule has 7 heteroatoms. The Morgan fingerprint density at radius 3 is 2.65 bits per heavy atom. The van der Waals surface area contributed by atoms with Gasteiger partial charge in [-0.1, -0.05) is 27.5 Å². The van der Waals surface area contributed by atoms with Crippen molar-refractivity contribution in [1.29, 1.82) is 0 Å². The second kappa shape index (κ2) is 7.99. The minimum absolute atomic E-state index is 0.172. The van der Waals surface area contributed by atoms with E-state index in [-0.39, 0.29) is 12.4 Å². The van der Waals surface area contributed by atoms with Gasteiger partial charge in [-0.15, -0.1) is 0 Å². The zero-order chi connectivity index (χ0) is 16.8. The number of rotatable bonds is 5. The van der Waals surface area contributed by atoms with E-state index >= 15 is 0 Å². The highest BCUT2D eigenvalue weighted by molar-refractivity contribution is 9.10. The van der Waals surface area contributed by atoms with Gasteiger partial charge >= 0.3 is 0 Å². The van der Waals surface area contributed by atoms with Crippen LogP contribution in [-0.4, -0.2) is 23.3 Å². The van der Waals surface area contributed by atoms with Crippen molar-refractivity contribution in [3.8, 4) is 11.5 Å². The van der Waals surface area contributed by atoms with Crippen molar-refractivity contribution in [2.45, 2.75) is 6.92 Å². The molecule has 0 aliphatic rings. The van der Waals surface area contributed by atoms with E-state index in [1.807, 2.05) is 0 Å². The summed E-state index contributed by atoms with van der Waals surface area (Å²) in [4.78, 5) is 11.7. The molecule has 0 radical (unpaired) electrons. The van der Waals surface area contributed by atoms with Gasteiger partial charge in [-0.05, 0) is 55.0 Å². The number of nitrogens with one attached hydrogen (secondary N) is 1. The summed E-state index contributed by atoms with van der Waals surface area (Å²) < 4.78 is 6.17. The molecule has 2 aromatic rings. The van der Waals surface area contributed by atoms with Gasteiger partial charge in [0.25, 0.3) is 5.91 Å². The fraction of sp³-hybridized carbons (Fsp3) is 0.125. The van der Waals surface area contributed by atoms with Gasteiger partial charge in [0.15, 0.2) is 6.61 Å². The Kier molecular flexibility index (Phi) is 6.01. The van der Waals surface area contributed by atoms with Gasteiger partial charge in [0.2, 0.25) is 0 Å². The first-order valence-electron chi connectivity index (χ1n) is 6.66. The lowest BCUT2D eigenvalue weighted by molar-refractivity contribution is -0.123. The van der Waals surface area contributed by atoms with Crippen LogP contribution in [0.1, 0.15) is 12.5 Å². The highest BCUT2D eigenvalue weighted by atomic mass is 79.9. The Hall–Kier alpha value is -2.05. The first-order chi connectivity index (χ1) is 11.0. The van der Waals surface area contributed by atoms with E-state index < -0.39 is 5.91 Å². The molecular weight excluding hydrogens is 384 g/mol. The number of phenolic OH excluding ortho intramolecular Hbond substituents is 1. The maximum atomic E-state index is 11.7. The van der Waals surface area contributed by atoms with Crippen molar-refractivity contribution in [2.24, 2.45) is 5.10 Å². The maximum absolute atomic E-state index is 11.7. The predicted molar refractivity (Wildman–Crippen MR) is 93.1 cm³/mol. The van der Waals surface area contributed by atoms with Crippen LogP contribution in [0.2, 0.25) is 5.02 Å². The number of phenols is 1. The molecule has 1 amide bonds. The van der Waals surface area contributed by atoms with Gasteiger partial charge in [-0.25, -0.2) is 5.43 Å². The summed E-state index contributed by atoms with van der Waals surface area (Å²) in [5.74, 6) is 0.191. The zero-order valence-corrected chi connectivity index (χ0v) is 14.6. The number of amides is 1. The van der Waals surface area contributed by atoms with Crippen molar-refractivity contribution in [3.05, 3.63) is 57.5 Å². The number of hydrogen-bond donors (Lipinski definition) is 2. The molecule has 2 rings (SSSR count). The van der Waals surface area contributed by atoms with Crippen LogP contribution >= 0.6 is 27.5 Å². The molecule has 0 aliphatic carbocycles. The van der Waals surface area contributed by atoms with Gasteiger partial charge in [0.1, 0.15) is 11.5 Å². The van der Waals surface area contributed by atoms with Gasteiger partial charge in [-0.3, -0.25) is 4.79 Å². The first kappa shape index (κ1) is 17.3. The van der Waals surface area contributed by atoms with Crippen molar-refractivity contribution < 1.29 is 14.6 Å². The Morgan fingerprint density at radius 1 is 1.30 bits per heavy atom. The summed E-state index contributed by atoms with van der Waals surface area (Å²) in [6.07, 6.45) is 0. The van der Waals surface area contributed by atoms with Crippen LogP contribution in [0.15, 0.2) is 52.0 Å². The molecule has 0 spiro atoms. The molecular formula is C16H14BrClN2O3. The molecule has 0 atom stereocenters. The standard InChI is InChI=1S/C16H14BrClN2O3/c1-10(11-2-5-13(21)6-3-11)19-20-16(22)9-23-15-7-4-12(17)8-14(15)18/h2-8,21H,9H2,1H3,(H,20,22)/b19-10+. The third-order valence-electron chi connectivity index (χ3n) is 2.89. The Morgan fingerprint density at radius 2 is 2.00 bits per heavy atom. The van der Waals surface area contributed by atoms with Crippen LogP contribution in [0.4, 0.5) is 0 Å². The van der Waals surface area contributed by atoms with Crippen LogP contribution < -0.4 is 10.2 Å². The van der Waals surface area contributed by atoms with E-state index in [2.05, 4.69) is 26.5 Å². The van der Waals surface area contributed by atoms with Crippen LogP contribution in [0.25, 0.3) is 0 Å². The smallest absolute Gasteiger partial charge is 0.277 e. The molecule has 5 nitrogen and oxygen atoms in total. The third-order valence-corrected chi connectivity index (χ3v) is 3.67. The number of carbonyl (C=O) groups is 1. The lowest BCUT2D eigenvalue weighted by atomic mass is 10.1. The van der Waals surface area contributed by atoms with Gasteiger partial charge < -0.3 is 9.84 Å². The Balaban J connectivity index is 1.89. The van der Waals surface area contributed by atoms with Crippen LogP contribution in [-0.2, 0) is 4.79 Å². The second-order valence-electron chi connectivity index (χ2n) is 4.64. The average molecular weight is 398 g/mol. The maximum Gasteiger partial charge on any atom is 0.277 e. The highest BCUT2D eigenvalue weighted by Crippen LogP contribution is 2.27. The number of hydrogen-bond acceptors (Lipinski definition) is 4. The predicted octanol–water partition coefficient (Wildman–Crippen LogP) is 3.73. The molecule has 2 aromatic carbocycles. The molecule has 0 fully saturated rings. The Bertz CT molecular complexity index is 733. The molecule has 120 valence electrons. The number of nitrogens with zero attached hydrogens (tertiary/aromatic N) is 1. The van der Waals surface area contributed by atoms with Gasteiger partial charge in [-0.2, -0.15) is 5.10 Å². The van der Waals surface area contributed by atoms with Crippen molar-refractivity contribution >= 4 is 39.1 Å². The summed E-state index contributed by atoms with van der Waals surface area (Å²) in [6, 6.07) is 11.6. The third kappa shape index (κ3) is 5.26. The largest absolute Gasteiger partial charge is 0.508 e. The summed E-state index contributed by atoms with van der Waals surface area (Å²) in [5.41, 5.74) is 3.81. The van der Waals surface area contributed by atoms with Crippen LogP contribution in [0, 0.1) is 0 Å². The topological polar surface area (TPSA) is 70.9 Å². The highest BCUT2D eigenvalue weighted by Gasteiger charge is 2.06. The number of halogens is 2. The molecule has 0 aliphatic heterocycles. The number of benzene rings is 2. The normalized spacial score (nSPS) is 11.2. The van der Waals surface area contributed by atoms with Crippen LogP contribution in [0.3, 0.4) is 0 Å². The van der Waals surface area contributed by atoms with E-state index in [0.717, 1.165) is 10.0 Å². The van der Waals surface area contributed by atoms with E-state index in [4.69, 9.17) is 16.3 Å². The van der Waals surface area contributed by atoms with E-state index in [0.29, 0.717) is 16.5 Å². The average Bonchev–Trinajstić information content (AvgIpc) is 2.52. The number of aromatic hydroxyl groups is 1. The zero-order valence-electron chi connectivity index (χ0n) is 12.2. The molecule has 0 aromatic heterocycles. The van der Waals surface area contributed by atoms with E-state index in [1.54, 1.807) is 49.4 Å². The quantitative estimate of drug-likeness (QED) is 0.596. The molecule has 23 heavy (non-hydrogen) atoms. The summed E-state index contributed by atoms with van der Waals surface area (Å²) >= 11 is 9.29. The Labute approximate surface area is 147 Å². The molecule has 0 heterocycles. The van der Waals surface area contributed by atoms with Crippen LogP contribution in [0.5, 0.6) is 11.5 Å². The number of hydrazone groups is 1. The minimum atomic E-state index is -0.401. The van der Waals surface area contributed by atoms with E-state index in [1.165, 1.54) is 0 Å². The number of ether oxygens (including phenoxy) is 1. The van der Waals surface area contributed by atoms with E-state index in [9.17, 15) is 9.90 Å². The summed E-state index contributed by atoms with van der Waals surface area (Å²) in [5, 5.41) is 13.6. The van der Waals surface area contributed by atoms with Gasteiger partial charge in [0.05, 0.1) is 10.7 Å². The summed E-state index contributed by atoms with van der Waals surface area (Å²) in [7, 11) is 0. The van der Waals surface area contributed by atoms with Crippen molar-refractivity contribution in [3.63, 3.8) is 0 Å².